The Morgan fingerprint density at radius 3 is 1.84 bits per heavy atom. The van der Waals surface area contributed by atoms with Gasteiger partial charge in [0.2, 0.25) is 0 Å². The van der Waals surface area contributed by atoms with Crippen molar-refractivity contribution in [3.63, 3.8) is 0 Å². The molecule has 1 unspecified atom stereocenters. The summed E-state index contributed by atoms with van der Waals surface area (Å²) in [6.45, 7) is 0. The fourth-order valence-corrected chi connectivity index (χ4v) is 9.66. The molecule has 0 aliphatic carbocycles. The third kappa shape index (κ3) is 5.58. The number of aliphatic imine (C=N–C) groups is 2. The smallest absolute Gasteiger partial charge is 0.159 e. The van der Waals surface area contributed by atoms with Crippen LogP contribution in [0.25, 0.3) is 93.6 Å². The molecule has 0 bridgehead atoms. The number of benzene rings is 9. The molecule has 1 N–H and O–H groups in total. The van der Waals surface area contributed by atoms with Crippen LogP contribution in [0.2, 0.25) is 0 Å². The Hall–Kier alpha value is -8.48. The molecule has 3 aromatic heterocycles. The van der Waals surface area contributed by atoms with Crippen molar-refractivity contribution < 1.29 is 8.83 Å². The van der Waals surface area contributed by atoms with Crippen molar-refractivity contribution in [1.82, 2.24) is 9.88 Å². The molecule has 1 atom stereocenters. The van der Waals surface area contributed by atoms with E-state index >= 15 is 0 Å². The van der Waals surface area contributed by atoms with Crippen LogP contribution in [0.15, 0.2) is 225 Å². The molecule has 4 heterocycles. The van der Waals surface area contributed by atoms with Crippen LogP contribution in [0.4, 0.5) is 0 Å². The minimum atomic E-state index is -0.536. The van der Waals surface area contributed by atoms with E-state index in [9.17, 15) is 0 Å². The van der Waals surface area contributed by atoms with Crippen LogP contribution in [0.3, 0.4) is 0 Å². The number of furan rings is 2. The van der Waals surface area contributed by atoms with E-state index in [0.717, 1.165) is 105 Å². The summed E-state index contributed by atoms with van der Waals surface area (Å²) < 4.78 is 16.3. The first kappa shape index (κ1) is 35.3. The molecule has 0 saturated carbocycles. The molecule has 296 valence electrons. The SMILES string of the molecule is c1ccc(C2=NC(c3ccc4c(oc5c(-n6c7ccccc7c7ccccc76)cccc54)c3-c3cccc4oc5ccccc5c34)NC(c3cccc(-c4ccccc4)c3)=N2)cc1. The van der Waals surface area contributed by atoms with Gasteiger partial charge in [0.05, 0.1) is 16.7 Å². The van der Waals surface area contributed by atoms with Crippen LogP contribution in [0, 0.1) is 0 Å². The van der Waals surface area contributed by atoms with Crippen LogP contribution in [-0.4, -0.2) is 16.2 Å². The summed E-state index contributed by atoms with van der Waals surface area (Å²) in [6.07, 6.45) is -0.536. The molecular weight excluding hydrogens is 773 g/mol. The van der Waals surface area contributed by atoms with Gasteiger partial charge in [-0.15, -0.1) is 0 Å². The van der Waals surface area contributed by atoms with E-state index in [-0.39, 0.29) is 0 Å². The number of nitrogens with one attached hydrogen (secondary N) is 1. The van der Waals surface area contributed by atoms with E-state index in [1.165, 1.54) is 10.8 Å². The van der Waals surface area contributed by atoms with Crippen molar-refractivity contribution in [2.24, 2.45) is 9.98 Å². The minimum Gasteiger partial charge on any atom is -0.456 e. The molecule has 0 saturated heterocycles. The summed E-state index contributed by atoms with van der Waals surface area (Å²) in [5.41, 5.74) is 13.5. The van der Waals surface area contributed by atoms with Crippen molar-refractivity contribution in [2.45, 2.75) is 6.17 Å². The van der Waals surface area contributed by atoms with Gasteiger partial charge in [0.25, 0.3) is 0 Å². The predicted octanol–water partition coefficient (Wildman–Crippen LogP) is 14.4. The Morgan fingerprint density at radius 2 is 1.05 bits per heavy atom. The van der Waals surface area contributed by atoms with E-state index in [2.05, 4.69) is 174 Å². The minimum absolute atomic E-state index is 0.536. The number of aromatic nitrogens is 1. The molecule has 63 heavy (non-hydrogen) atoms. The Balaban J connectivity index is 1.08. The summed E-state index contributed by atoms with van der Waals surface area (Å²) in [7, 11) is 0. The first-order valence-corrected chi connectivity index (χ1v) is 21.3. The van der Waals surface area contributed by atoms with E-state index in [0.29, 0.717) is 5.84 Å². The number of amidine groups is 2. The van der Waals surface area contributed by atoms with Gasteiger partial charge >= 0.3 is 0 Å². The van der Waals surface area contributed by atoms with Gasteiger partial charge in [-0.25, -0.2) is 9.98 Å². The summed E-state index contributed by atoms with van der Waals surface area (Å²) in [4.78, 5) is 10.6. The molecule has 9 aromatic carbocycles. The Bertz CT molecular complexity index is 3780. The largest absolute Gasteiger partial charge is 0.456 e. The Morgan fingerprint density at radius 1 is 0.444 bits per heavy atom. The van der Waals surface area contributed by atoms with E-state index in [1.54, 1.807) is 0 Å². The molecule has 6 heteroatoms. The second-order valence-corrected chi connectivity index (χ2v) is 16.1. The van der Waals surface area contributed by atoms with Gasteiger partial charge < -0.3 is 18.7 Å². The lowest BCUT2D eigenvalue weighted by Crippen LogP contribution is -2.33. The molecule has 0 spiro atoms. The van der Waals surface area contributed by atoms with E-state index in [4.69, 9.17) is 18.8 Å². The van der Waals surface area contributed by atoms with Gasteiger partial charge in [-0.05, 0) is 53.1 Å². The van der Waals surface area contributed by atoms with Crippen LogP contribution >= 0.6 is 0 Å². The van der Waals surface area contributed by atoms with Gasteiger partial charge in [0.1, 0.15) is 28.8 Å². The highest BCUT2D eigenvalue weighted by atomic mass is 16.3. The molecule has 13 rings (SSSR count). The summed E-state index contributed by atoms with van der Waals surface area (Å²) in [5, 5.41) is 10.3. The number of hydrogen-bond acceptors (Lipinski definition) is 5. The normalized spacial score (nSPS) is 14.2. The second-order valence-electron chi connectivity index (χ2n) is 16.1. The van der Waals surface area contributed by atoms with Crippen LogP contribution in [-0.2, 0) is 0 Å². The van der Waals surface area contributed by atoms with Gasteiger partial charge in [-0.1, -0.05) is 170 Å². The van der Waals surface area contributed by atoms with E-state index in [1.807, 2.05) is 42.5 Å². The standard InChI is InChI=1S/C57H36N4O2/c1-3-16-35(17-4-1)37-20-13-21-38(34-37)56-58-55(36-18-5-2-6-19-36)59-57(60-56)45-33-32-42-41-25-14-29-48(61-46-27-10-7-22-39(46)40-23-8-11-28-47(40)61)53(41)63-54(42)52(45)44-26-15-31-50-51(44)43-24-9-12-30-49(43)62-50/h1-34,57H,(H,58,59,60). The van der Waals surface area contributed by atoms with Crippen LogP contribution in [0.5, 0.6) is 0 Å². The summed E-state index contributed by atoms with van der Waals surface area (Å²) >= 11 is 0. The van der Waals surface area contributed by atoms with Crippen molar-refractivity contribution in [3.05, 3.63) is 223 Å². The van der Waals surface area contributed by atoms with Crippen molar-refractivity contribution >= 4 is 77.4 Å². The number of rotatable bonds is 6. The van der Waals surface area contributed by atoms with Crippen molar-refractivity contribution in [1.29, 1.82) is 0 Å². The van der Waals surface area contributed by atoms with Gasteiger partial charge in [0.15, 0.2) is 11.4 Å². The molecule has 12 aromatic rings. The maximum Gasteiger partial charge on any atom is 0.159 e. The third-order valence-corrected chi connectivity index (χ3v) is 12.5. The lowest BCUT2D eigenvalue weighted by atomic mass is 9.91. The molecule has 1 aliphatic rings. The highest BCUT2D eigenvalue weighted by Crippen LogP contribution is 2.47. The monoisotopic (exact) mass is 808 g/mol. The van der Waals surface area contributed by atoms with Crippen molar-refractivity contribution in [2.75, 3.05) is 0 Å². The molecule has 0 fully saturated rings. The number of para-hydroxylation sites is 4. The first-order valence-electron chi connectivity index (χ1n) is 21.3. The molecule has 6 nitrogen and oxygen atoms in total. The second kappa shape index (κ2) is 14.0. The highest BCUT2D eigenvalue weighted by Gasteiger charge is 2.29. The quantitative estimate of drug-likeness (QED) is 0.182. The molecule has 0 amide bonds. The zero-order chi connectivity index (χ0) is 41.4. The maximum atomic E-state index is 7.39. The lowest BCUT2D eigenvalue weighted by Gasteiger charge is -2.26. The zero-order valence-corrected chi connectivity index (χ0v) is 33.9. The highest BCUT2D eigenvalue weighted by molar-refractivity contribution is 6.20. The zero-order valence-electron chi connectivity index (χ0n) is 33.9. The molecular formula is C57H36N4O2. The van der Waals surface area contributed by atoms with Gasteiger partial charge in [-0.3, -0.25) is 0 Å². The number of nitrogens with zero attached hydrogens (tertiary/aromatic N) is 3. The fourth-order valence-electron chi connectivity index (χ4n) is 9.66. The number of hydrogen-bond donors (Lipinski definition) is 1. The summed E-state index contributed by atoms with van der Waals surface area (Å²) in [6, 6.07) is 71.9. The third-order valence-electron chi connectivity index (χ3n) is 12.5. The summed E-state index contributed by atoms with van der Waals surface area (Å²) in [5.74, 6) is 1.39. The fraction of sp³-hybridized carbons (Fsp3) is 0.0175. The maximum absolute atomic E-state index is 7.39. The van der Waals surface area contributed by atoms with Crippen LogP contribution in [0.1, 0.15) is 22.9 Å². The Labute approximate surface area is 361 Å². The molecule has 1 aliphatic heterocycles. The van der Waals surface area contributed by atoms with Gasteiger partial charge in [0, 0.05) is 54.6 Å². The van der Waals surface area contributed by atoms with Crippen LogP contribution < -0.4 is 5.32 Å². The molecule has 0 radical (unpaired) electrons. The number of fused-ring (bicyclic) bond motifs is 9. The average Bonchev–Trinajstić information content (AvgIpc) is 4.04. The lowest BCUT2D eigenvalue weighted by molar-refractivity contribution is 0.656. The predicted molar refractivity (Wildman–Crippen MR) is 258 cm³/mol. The van der Waals surface area contributed by atoms with Gasteiger partial charge in [-0.2, -0.15) is 0 Å². The van der Waals surface area contributed by atoms with E-state index < -0.39 is 6.17 Å². The Kier molecular flexibility index (Phi) is 7.87. The average molecular weight is 809 g/mol. The topological polar surface area (TPSA) is 68.0 Å². The van der Waals surface area contributed by atoms with Crippen molar-refractivity contribution in [3.8, 4) is 27.9 Å². The first-order chi connectivity index (χ1) is 31.2.